The maximum atomic E-state index is 2.64. The Morgan fingerprint density at radius 2 is 0.900 bits per heavy atom. The van der Waals surface area contributed by atoms with Gasteiger partial charge >= 0.3 is 0 Å². The minimum Gasteiger partial charge on any atom is 0.0342 e. The summed E-state index contributed by atoms with van der Waals surface area (Å²) in [5.74, 6) is 4.08. The second kappa shape index (κ2) is 1.66. The molecule has 4 aliphatic rings. The zero-order chi connectivity index (χ0) is 6.55. The smallest absolute Gasteiger partial charge is 0.0342 e. The first-order valence-corrected chi connectivity index (χ1v) is 4.60. The Balaban J connectivity index is 1.90. The molecule has 4 fully saturated rings. The van der Waals surface area contributed by atoms with Crippen molar-refractivity contribution in [3.05, 3.63) is 12.8 Å². The molecule has 10 heavy (non-hydrogen) atoms. The highest BCUT2D eigenvalue weighted by Crippen LogP contribution is 2.52. The molecule has 0 aromatic heterocycles. The van der Waals surface area contributed by atoms with Crippen molar-refractivity contribution in [3.63, 3.8) is 0 Å². The Kier molecular flexibility index (Phi) is 0.898. The van der Waals surface area contributed by atoms with Crippen molar-refractivity contribution in [2.45, 2.75) is 25.7 Å². The first kappa shape index (κ1) is 5.40. The minimum atomic E-state index is 1.02. The first-order valence-electron chi connectivity index (χ1n) is 4.60. The fourth-order valence-electron chi connectivity index (χ4n) is 3.34. The molecular weight excluding hydrogens is 120 g/mol. The van der Waals surface area contributed by atoms with Crippen LogP contribution >= 0.6 is 0 Å². The molecule has 0 N–H and O–H groups in total. The van der Waals surface area contributed by atoms with Crippen LogP contribution in [0.5, 0.6) is 0 Å². The average molecular weight is 134 g/mol. The lowest BCUT2D eigenvalue weighted by atomic mass is 9.56. The van der Waals surface area contributed by atoms with Crippen LogP contribution in [-0.4, -0.2) is 0 Å². The maximum Gasteiger partial charge on any atom is 0.107 e. The predicted octanol–water partition coefficient (Wildman–Crippen LogP) is 2.46. The van der Waals surface area contributed by atoms with Crippen LogP contribution < -0.4 is 0 Å². The van der Waals surface area contributed by atoms with Crippen LogP contribution in [0, 0.1) is 36.5 Å². The van der Waals surface area contributed by atoms with Gasteiger partial charge in [0.15, 0.2) is 0 Å². The molecule has 52 valence electrons. The van der Waals surface area contributed by atoms with E-state index in [1.165, 1.54) is 25.7 Å². The fourth-order valence-corrected chi connectivity index (χ4v) is 3.34. The Hall–Kier alpha value is -0.260. The molecule has 0 radical (unpaired) electrons. The van der Waals surface area contributed by atoms with E-state index in [0.29, 0.717) is 0 Å². The van der Waals surface area contributed by atoms with Crippen LogP contribution in [-0.2, 0) is 0 Å². The third-order valence-corrected chi connectivity index (χ3v) is 3.51. The highest BCUT2D eigenvalue weighted by atomic mass is 14.5. The quantitative estimate of drug-likeness (QED) is 0.446. The molecule has 0 saturated heterocycles. The highest BCUT2D eigenvalue weighted by molar-refractivity contribution is 5.08. The van der Waals surface area contributed by atoms with Crippen molar-refractivity contribution >= 4 is 0 Å². The summed E-state index contributed by atoms with van der Waals surface area (Å²) in [6.45, 7) is 0. The fraction of sp³-hybridized carbons (Fsp3) is 0.800. The molecule has 4 aliphatic carbocycles. The molecule has 0 heterocycles. The van der Waals surface area contributed by atoms with Gasteiger partial charge in [-0.15, -0.1) is 0 Å². The molecule has 4 bridgehead atoms. The lowest BCUT2D eigenvalue weighted by molar-refractivity contribution is 0.118. The van der Waals surface area contributed by atoms with Crippen molar-refractivity contribution in [2.75, 3.05) is 0 Å². The summed E-state index contributed by atoms with van der Waals surface area (Å²) in [6, 6.07) is 0. The maximum absolute atomic E-state index is 2.64. The van der Waals surface area contributed by atoms with E-state index in [9.17, 15) is 0 Å². The lowest BCUT2D eigenvalue weighted by Crippen LogP contribution is -2.39. The zero-order valence-electron chi connectivity index (χ0n) is 6.29. The van der Waals surface area contributed by atoms with E-state index in [1.807, 2.05) is 0 Å². The SMILES string of the molecule is [CH+]1C2CC3[CH+]C(C2)CC1C3. The van der Waals surface area contributed by atoms with Crippen molar-refractivity contribution in [3.8, 4) is 0 Å². The normalized spacial score (nSPS) is 56.0. The van der Waals surface area contributed by atoms with E-state index in [4.69, 9.17) is 0 Å². The summed E-state index contributed by atoms with van der Waals surface area (Å²) in [5, 5.41) is 0. The van der Waals surface area contributed by atoms with E-state index in [1.54, 1.807) is 0 Å². The number of hydrogen-bond donors (Lipinski definition) is 0. The zero-order valence-corrected chi connectivity index (χ0v) is 6.29. The van der Waals surface area contributed by atoms with Crippen molar-refractivity contribution in [1.29, 1.82) is 0 Å². The molecule has 0 unspecified atom stereocenters. The standard InChI is InChI=1S/C10H14/c1-7-2-9-4-8(1)5-10(3-7)6-9/h1,6-10H,2-5H2/q+2. The van der Waals surface area contributed by atoms with Gasteiger partial charge in [-0.3, -0.25) is 0 Å². The van der Waals surface area contributed by atoms with E-state index < -0.39 is 0 Å². The first-order chi connectivity index (χ1) is 4.90. The van der Waals surface area contributed by atoms with E-state index in [0.717, 1.165) is 23.7 Å². The summed E-state index contributed by atoms with van der Waals surface area (Å²) in [5.41, 5.74) is 0. The number of rotatable bonds is 0. The van der Waals surface area contributed by atoms with Gasteiger partial charge in [0.05, 0.1) is 12.8 Å². The second-order valence-electron chi connectivity index (χ2n) is 4.37. The highest BCUT2D eigenvalue weighted by Gasteiger charge is 2.53. The summed E-state index contributed by atoms with van der Waals surface area (Å²) in [4.78, 5) is 0. The van der Waals surface area contributed by atoms with Gasteiger partial charge in [-0.2, -0.15) is 0 Å². The molecule has 0 amide bonds. The molecule has 0 spiro atoms. The van der Waals surface area contributed by atoms with E-state index in [2.05, 4.69) is 12.8 Å². The van der Waals surface area contributed by atoms with Gasteiger partial charge in [-0.1, -0.05) is 0 Å². The Labute approximate surface area is 63.0 Å². The molecule has 4 rings (SSSR count). The van der Waals surface area contributed by atoms with Crippen LogP contribution in [0.25, 0.3) is 0 Å². The van der Waals surface area contributed by atoms with Gasteiger partial charge in [0.2, 0.25) is 0 Å². The molecule has 0 aliphatic heterocycles. The third-order valence-electron chi connectivity index (χ3n) is 3.51. The van der Waals surface area contributed by atoms with Crippen molar-refractivity contribution < 1.29 is 0 Å². The van der Waals surface area contributed by atoms with Gasteiger partial charge in [-0.25, -0.2) is 0 Å². The monoisotopic (exact) mass is 134 g/mol. The molecule has 0 atom stereocenters. The molecule has 0 aromatic carbocycles. The molecular formula is C10H14+2. The van der Waals surface area contributed by atoms with Crippen LogP contribution in [0.15, 0.2) is 0 Å². The average Bonchev–Trinajstić information content (AvgIpc) is 1.82. The third kappa shape index (κ3) is 0.624. The molecule has 0 nitrogen and oxygen atoms in total. The van der Waals surface area contributed by atoms with Gasteiger partial charge in [0, 0.05) is 25.7 Å². The molecule has 0 heteroatoms. The van der Waals surface area contributed by atoms with Gasteiger partial charge in [-0.05, 0) is 0 Å². The summed E-state index contributed by atoms with van der Waals surface area (Å²) in [6.07, 6.45) is 11.2. The van der Waals surface area contributed by atoms with Crippen LogP contribution in [0.1, 0.15) is 25.7 Å². The van der Waals surface area contributed by atoms with Crippen LogP contribution in [0.2, 0.25) is 0 Å². The molecule has 4 saturated carbocycles. The summed E-state index contributed by atoms with van der Waals surface area (Å²) in [7, 11) is 0. The topological polar surface area (TPSA) is 0 Å². The second-order valence-corrected chi connectivity index (χ2v) is 4.37. The van der Waals surface area contributed by atoms with Crippen LogP contribution in [0.4, 0.5) is 0 Å². The minimum absolute atomic E-state index is 1.02. The lowest BCUT2D eigenvalue weighted by Gasteiger charge is -2.37. The Morgan fingerprint density at radius 3 is 1.20 bits per heavy atom. The van der Waals surface area contributed by atoms with E-state index in [-0.39, 0.29) is 0 Å². The summed E-state index contributed by atoms with van der Waals surface area (Å²) < 4.78 is 0. The van der Waals surface area contributed by atoms with E-state index >= 15 is 0 Å². The predicted molar refractivity (Wildman–Crippen MR) is 41.0 cm³/mol. The van der Waals surface area contributed by atoms with Crippen LogP contribution in [0.3, 0.4) is 0 Å². The largest absolute Gasteiger partial charge is 0.107 e. The van der Waals surface area contributed by atoms with Crippen molar-refractivity contribution in [2.24, 2.45) is 23.7 Å². The Morgan fingerprint density at radius 1 is 0.600 bits per heavy atom. The Bertz CT molecular complexity index is 91.6. The summed E-state index contributed by atoms with van der Waals surface area (Å²) >= 11 is 0. The van der Waals surface area contributed by atoms with Gasteiger partial charge in [0.25, 0.3) is 0 Å². The van der Waals surface area contributed by atoms with Gasteiger partial charge in [0.1, 0.15) is 23.7 Å². The number of hydrogen-bond acceptors (Lipinski definition) is 0. The molecule has 0 aromatic rings. The van der Waals surface area contributed by atoms with Gasteiger partial charge < -0.3 is 0 Å². The van der Waals surface area contributed by atoms with Crippen molar-refractivity contribution in [1.82, 2.24) is 0 Å².